The lowest BCUT2D eigenvalue weighted by Gasteiger charge is -2.07. The lowest BCUT2D eigenvalue weighted by atomic mass is 10.1. The van der Waals surface area contributed by atoms with Gasteiger partial charge in [-0.2, -0.15) is 0 Å². The average molecular weight is 332 g/mol. The smallest absolute Gasteiger partial charge is 0.163 e. The molecule has 0 aliphatic rings. The van der Waals surface area contributed by atoms with Gasteiger partial charge in [-0.05, 0) is 29.0 Å². The molecule has 0 N–H and O–H groups in total. The molecule has 0 saturated carbocycles. The number of benzene rings is 2. The molecule has 102 valence electrons. The van der Waals surface area contributed by atoms with Gasteiger partial charge in [0, 0.05) is 23.7 Å². The summed E-state index contributed by atoms with van der Waals surface area (Å²) in [5.74, 6) is 0.867. The lowest BCUT2D eigenvalue weighted by molar-refractivity contribution is 0.187. The number of ether oxygens (including phenoxy) is 1. The maximum atomic E-state index is 5.11. The van der Waals surface area contributed by atoms with Crippen molar-refractivity contribution in [1.29, 1.82) is 0 Å². The molecule has 0 aliphatic carbocycles. The summed E-state index contributed by atoms with van der Waals surface area (Å²) in [6.45, 7) is 1.39. The minimum absolute atomic E-state index is 0.644. The van der Waals surface area contributed by atoms with E-state index in [1.165, 1.54) is 10.8 Å². The summed E-state index contributed by atoms with van der Waals surface area (Å²) in [5.41, 5.74) is 1.06. The zero-order valence-electron chi connectivity index (χ0n) is 11.1. The van der Waals surface area contributed by atoms with Crippen molar-refractivity contribution < 1.29 is 4.74 Å². The highest BCUT2D eigenvalue weighted by Crippen LogP contribution is 2.25. The van der Waals surface area contributed by atoms with E-state index in [2.05, 4.69) is 56.5 Å². The number of nitrogens with zero attached hydrogens (tertiary/aromatic N) is 3. The van der Waals surface area contributed by atoms with Crippen molar-refractivity contribution in [2.75, 3.05) is 13.7 Å². The minimum Gasteiger partial charge on any atom is -0.383 e. The van der Waals surface area contributed by atoms with Crippen molar-refractivity contribution in [2.24, 2.45) is 0 Å². The average Bonchev–Trinajstić information content (AvgIpc) is 2.93. The molecule has 0 amide bonds. The van der Waals surface area contributed by atoms with E-state index in [4.69, 9.17) is 4.74 Å². The second-order valence-corrected chi connectivity index (χ2v) is 5.46. The second kappa shape index (κ2) is 5.73. The van der Waals surface area contributed by atoms with E-state index in [1.54, 1.807) is 13.4 Å². The molecule has 0 atom stereocenters. The van der Waals surface area contributed by atoms with Crippen LogP contribution >= 0.6 is 15.9 Å². The van der Waals surface area contributed by atoms with Crippen LogP contribution < -0.4 is 0 Å². The fourth-order valence-corrected chi connectivity index (χ4v) is 2.57. The molecule has 1 heterocycles. The van der Waals surface area contributed by atoms with E-state index < -0.39 is 0 Å². The molecule has 0 unspecified atom stereocenters. The van der Waals surface area contributed by atoms with Crippen LogP contribution in [0.5, 0.6) is 0 Å². The summed E-state index contributed by atoms with van der Waals surface area (Å²) >= 11 is 3.49. The Bertz CT molecular complexity index is 739. The van der Waals surface area contributed by atoms with Crippen LogP contribution in [0.1, 0.15) is 0 Å². The maximum absolute atomic E-state index is 5.11. The molecule has 0 radical (unpaired) electrons. The summed E-state index contributed by atoms with van der Waals surface area (Å²) < 4.78 is 8.20. The van der Waals surface area contributed by atoms with Gasteiger partial charge >= 0.3 is 0 Å². The predicted molar refractivity (Wildman–Crippen MR) is 82.5 cm³/mol. The van der Waals surface area contributed by atoms with Gasteiger partial charge in [0.15, 0.2) is 5.82 Å². The molecule has 3 aromatic rings. The second-order valence-electron chi connectivity index (χ2n) is 4.55. The van der Waals surface area contributed by atoms with Crippen LogP contribution in [0.15, 0.2) is 47.2 Å². The Hall–Kier alpha value is -1.72. The van der Waals surface area contributed by atoms with E-state index >= 15 is 0 Å². The number of fused-ring (bicyclic) bond motifs is 1. The van der Waals surface area contributed by atoms with Crippen molar-refractivity contribution in [3.63, 3.8) is 0 Å². The Labute approximate surface area is 125 Å². The number of aromatic nitrogens is 3. The molecule has 3 rings (SSSR count). The zero-order valence-corrected chi connectivity index (χ0v) is 12.7. The summed E-state index contributed by atoms with van der Waals surface area (Å²) in [7, 11) is 1.69. The number of hydrogen-bond acceptors (Lipinski definition) is 3. The van der Waals surface area contributed by atoms with Gasteiger partial charge < -0.3 is 9.30 Å². The molecule has 20 heavy (non-hydrogen) atoms. The summed E-state index contributed by atoms with van der Waals surface area (Å²) in [5, 5.41) is 10.6. The third kappa shape index (κ3) is 2.59. The summed E-state index contributed by atoms with van der Waals surface area (Å²) in [6, 6.07) is 12.6. The summed E-state index contributed by atoms with van der Waals surface area (Å²) in [6.07, 6.45) is 1.74. The normalized spacial score (nSPS) is 11.1. The van der Waals surface area contributed by atoms with Gasteiger partial charge in [-0.15, -0.1) is 10.2 Å². The fourth-order valence-electron chi connectivity index (χ4n) is 2.19. The van der Waals surface area contributed by atoms with Crippen LogP contribution in [-0.2, 0) is 11.3 Å². The monoisotopic (exact) mass is 331 g/mol. The molecule has 0 aliphatic heterocycles. The Morgan fingerprint density at radius 3 is 2.80 bits per heavy atom. The topological polar surface area (TPSA) is 39.9 Å². The van der Waals surface area contributed by atoms with Crippen LogP contribution in [-0.4, -0.2) is 28.5 Å². The maximum Gasteiger partial charge on any atom is 0.163 e. The molecule has 0 saturated heterocycles. The van der Waals surface area contributed by atoms with Gasteiger partial charge in [0.05, 0.1) is 6.61 Å². The van der Waals surface area contributed by atoms with Gasteiger partial charge in [0.1, 0.15) is 6.33 Å². The highest BCUT2D eigenvalue weighted by atomic mass is 79.9. The highest BCUT2D eigenvalue weighted by molar-refractivity contribution is 9.10. The Morgan fingerprint density at radius 2 is 1.95 bits per heavy atom. The van der Waals surface area contributed by atoms with E-state index in [0.717, 1.165) is 22.4 Å². The Morgan fingerprint density at radius 1 is 1.15 bits per heavy atom. The fraction of sp³-hybridized carbons (Fsp3) is 0.200. The Balaban J connectivity index is 2.02. The molecule has 0 fully saturated rings. The largest absolute Gasteiger partial charge is 0.383 e. The van der Waals surface area contributed by atoms with Gasteiger partial charge in [0.25, 0.3) is 0 Å². The van der Waals surface area contributed by atoms with Crippen molar-refractivity contribution in [1.82, 2.24) is 14.8 Å². The van der Waals surface area contributed by atoms with Crippen LogP contribution in [0.4, 0.5) is 0 Å². The molecule has 2 aromatic carbocycles. The first-order valence-corrected chi connectivity index (χ1v) is 7.13. The number of halogens is 1. The van der Waals surface area contributed by atoms with Crippen LogP contribution in [0.3, 0.4) is 0 Å². The van der Waals surface area contributed by atoms with Crippen molar-refractivity contribution >= 4 is 26.7 Å². The van der Waals surface area contributed by atoms with Crippen molar-refractivity contribution in [3.05, 3.63) is 47.2 Å². The lowest BCUT2D eigenvalue weighted by Crippen LogP contribution is -2.04. The standard InChI is InChI=1S/C15H14BrN3O/c1-20-7-6-19-10-17-18-15(19)13-3-2-12-9-14(16)5-4-11(12)8-13/h2-5,8-10H,6-7H2,1H3. The van der Waals surface area contributed by atoms with Crippen LogP contribution in [0.2, 0.25) is 0 Å². The van der Waals surface area contributed by atoms with E-state index in [0.29, 0.717) is 6.61 Å². The zero-order chi connectivity index (χ0) is 13.9. The molecular weight excluding hydrogens is 318 g/mol. The molecule has 4 nitrogen and oxygen atoms in total. The van der Waals surface area contributed by atoms with Gasteiger partial charge in [-0.3, -0.25) is 0 Å². The van der Waals surface area contributed by atoms with E-state index in [1.807, 2.05) is 10.6 Å². The van der Waals surface area contributed by atoms with E-state index in [9.17, 15) is 0 Å². The highest BCUT2D eigenvalue weighted by Gasteiger charge is 2.08. The Kier molecular flexibility index (Phi) is 3.80. The molecular formula is C15H14BrN3O. The van der Waals surface area contributed by atoms with Crippen LogP contribution in [0.25, 0.3) is 22.2 Å². The third-order valence-corrected chi connectivity index (χ3v) is 3.71. The first-order valence-electron chi connectivity index (χ1n) is 6.34. The molecule has 1 aromatic heterocycles. The molecule has 0 spiro atoms. The number of rotatable bonds is 4. The van der Waals surface area contributed by atoms with Gasteiger partial charge in [-0.1, -0.05) is 34.1 Å². The quantitative estimate of drug-likeness (QED) is 0.734. The molecule has 0 bridgehead atoms. The van der Waals surface area contributed by atoms with E-state index in [-0.39, 0.29) is 0 Å². The first-order chi connectivity index (χ1) is 9.78. The summed E-state index contributed by atoms with van der Waals surface area (Å²) in [4.78, 5) is 0. The van der Waals surface area contributed by atoms with Crippen LogP contribution in [0, 0.1) is 0 Å². The van der Waals surface area contributed by atoms with Crippen molar-refractivity contribution in [2.45, 2.75) is 6.54 Å². The van der Waals surface area contributed by atoms with Gasteiger partial charge in [0.2, 0.25) is 0 Å². The molecule has 5 heteroatoms. The first kappa shape index (κ1) is 13.3. The predicted octanol–water partition coefficient (Wildman–Crippen LogP) is 3.51. The SMILES string of the molecule is COCCn1cnnc1-c1ccc2cc(Br)ccc2c1. The minimum atomic E-state index is 0.644. The number of hydrogen-bond donors (Lipinski definition) is 0. The third-order valence-electron chi connectivity index (χ3n) is 3.21. The van der Waals surface area contributed by atoms with Crippen molar-refractivity contribution in [3.8, 4) is 11.4 Å². The number of methoxy groups -OCH3 is 1. The van der Waals surface area contributed by atoms with Gasteiger partial charge in [-0.25, -0.2) is 0 Å².